The number of nitrogens with two attached hydrogens (primary N) is 1. The molecule has 0 rings (SSSR count). The van der Waals surface area contributed by atoms with E-state index in [2.05, 4.69) is 25.8 Å². The van der Waals surface area contributed by atoms with Crippen molar-refractivity contribution in [3.05, 3.63) is 0 Å². The molecule has 0 aromatic carbocycles. The second kappa shape index (κ2) is 6.62. The Labute approximate surface area is 70.8 Å². The fourth-order valence-corrected chi connectivity index (χ4v) is 1.46. The summed E-state index contributed by atoms with van der Waals surface area (Å²) in [7, 11) is 2.16. The average Bonchev–Trinajstić information content (AvgIpc) is 2.00. The first-order chi connectivity index (χ1) is 5.26. The van der Waals surface area contributed by atoms with Crippen molar-refractivity contribution in [3.8, 4) is 0 Å². The lowest BCUT2D eigenvalue weighted by molar-refractivity contribution is 0.229. The van der Waals surface area contributed by atoms with Crippen LogP contribution >= 0.6 is 0 Å². The Morgan fingerprint density at radius 2 is 2.00 bits per heavy atom. The quantitative estimate of drug-likeness (QED) is 0.634. The van der Waals surface area contributed by atoms with Crippen molar-refractivity contribution in [2.75, 3.05) is 20.1 Å². The van der Waals surface area contributed by atoms with E-state index in [0.717, 1.165) is 19.1 Å². The highest BCUT2D eigenvalue weighted by molar-refractivity contribution is 4.66. The number of hydrogen-bond donors (Lipinski definition) is 1. The van der Waals surface area contributed by atoms with E-state index in [4.69, 9.17) is 5.73 Å². The Bertz CT molecular complexity index is 83.6. The molecule has 0 saturated heterocycles. The lowest BCUT2D eigenvalue weighted by Crippen LogP contribution is -2.35. The van der Waals surface area contributed by atoms with Gasteiger partial charge in [-0.3, -0.25) is 0 Å². The van der Waals surface area contributed by atoms with Gasteiger partial charge in [-0.1, -0.05) is 20.3 Å². The van der Waals surface area contributed by atoms with E-state index in [1.165, 1.54) is 19.3 Å². The van der Waals surface area contributed by atoms with Gasteiger partial charge in [0.2, 0.25) is 0 Å². The molecule has 2 N–H and O–H groups in total. The summed E-state index contributed by atoms with van der Waals surface area (Å²) in [5, 5.41) is 0. The largest absolute Gasteiger partial charge is 0.329 e. The lowest BCUT2D eigenvalue weighted by atomic mass is 10.1. The predicted octanol–water partition coefficient (Wildman–Crippen LogP) is 1.46. The van der Waals surface area contributed by atoms with Crippen molar-refractivity contribution in [2.45, 2.75) is 39.2 Å². The van der Waals surface area contributed by atoms with Crippen LogP contribution in [0.5, 0.6) is 0 Å². The van der Waals surface area contributed by atoms with Gasteiger partial charge in [0.15, 0.2) is 0 Å². The third-order valence-electron chi connectivity index (χ3n) is 2.20. The molecular formula is C9H22N2. The van der Waals surface area contributed by atoms with Crippen molar-refractivity contribution < 1.29 is 0 Å². The molecule has 1 unspecified atom stereocenters. The van der Waals surface area contributed by atoms with Crippen molar-refractivity contribution in [1.82, 2.24) is 4.90 Å². The Balaban J connectivity index is 3.61. The van der Waals surface area contributed by atoms with Crippen LogP contribution in [0.1, 0.15) is 33.1 Å². The molecule has 1 atom stereocenters. The predicted molar refractivity (Wildman–Crippen MR) is 50.7 cm³/mol. The van der Waals surface area contributed by atoms with Crippen molar-refractivity contribution >= 4 is 0 Å². The molecule has 0 heterocycles. The fraction of sp³-hybridized carbons (Fsp3) is 1.00. The van der Waals surface area contributed by atoms with Crippen LogP contribution in [0.25, 0.3) is 0 Å². The summed E-state index contributed by atoms with van der Waals surface area (Å²) in [6, 6.07) is 0.739. The normalized spacial score (nSPS) is 13.9. The maximum absolute atomic E-state index is 5.48. The van der Waals surface area contributed by atoms with Crippen LogP contribution in [0.4, 0.5) is 0 Å². The van der Waals surface area contributed by atoms with E-state index >= 15 is 0 Å². The first-order valence-electron chi connectivity index (χ1n) is 4.66. The minimum absolute atomic E-state index is 0.739. The molecule has 0 aliphatic rings. The summed E-state index contributed by atoms with van der Waals surface area (Å²) in [5.74, 6) is 0. The molecule has 0 aromatic rings. The first-order valence-corrected chi connectivity index (χ1v) is 4.66. The zero-order valence-electron chi connectivity index (χ0n) is 8.14. The van der Waals surface area contributed by atoms with Crippen LogP contribution in [0, 0.1) is 0 Å². The van der Waals surface area contributed by atoms with Gasteiger partial charge in [0, 0.05) is 19.1 Å². The molecule has 2 heteroatoms. The van der Waals surface area contributed by atoms with E-state index in [0.29, 0.717) is 0 Å². The number of hydrogen-bond acceptors (Lipinski definition) is 2. The molecular weight excluding hydrogens is 136 g/mol. The fourth-order valence-electron chi connectivity index (χ4n) is 1.46. The third-order valence-corrected chi connectivity index (χ3v) is 2.20. The van der Waals surface area contributed by atoms with Crippen LogP contribution in [0.2, 0.25) is 0 Å². The van der Waals surface area contributed by atoms with Crippen LogP contribution in [-0.4, -0.2) is 31.1 Å². The van der Waals surface area contributed by atoms with Gasteiger partial charge in [0.1, 0.15) is 0 Å². The van der Waals surface area contributed by atoms with Gasteiger partial charge < -0.3 is 10.6 Å². The van der Waals surface area contributed by atoms with Gasteiger partial charge in [-0.15, -0.1) is 0 Å². The smallest absolute Gasteiger partial charge is 0.0104 e. The van der Waals surface area contributed by atoms with Crippen molar-refractivity contribution in [3.63, 3.8) is 0 Å². The second-order valence-electron chi connectivity index (χ2n) is 3.12. The molecule has 2 nitrogen and oxygen atoms in total. The monoisotopic (exact) mass is 158 g/mol. The molecule has 0 radical (unpaired) electrons. The molecule has 0 spiro atoms. The number of nitrogens with zero attached hydrogens (tertiary/aromatic N) is 1. The van der Waals surface area contributed by atoms with Gasteiger partial charge in [-0.25, -0.2) is 0 Å². The highest BCUT2D eigenvalue weighted by Crippen LogP contribution is 2.07. The Morgan fingerprint density at radius 3 is 2.36 bits per heavy atom. The lowest BCUT2D eigenvalue weighted by Gasteiger charge is -2.26. The minimum Gasteiger partial charge on any atom is -0.329 e. The Kier molecular flexibility index (Phi) is 6.57. The molecule has 0 aliphatic heterocycles. The first kappa shape index (κ1) is 10.9. The highest BCUT2D eigenvalue weighted by Gasteiger charge is 2.09. The van der Waals surface area contributed by atoms with E-state index in [-0.39, 0.29) is 0 Å². The maximum atomic E-state index is 5.48. The molecule has 0 amide bonds. The Morgan fingerprint density at radius 1 is 1.36 bits per heavy atom. The van der Waals surface area contributed by atoms with Crippen LogP contribution in [-0.2, 0) is 0 Å². The van der Waals surface area contributed by atoms with Gasteiger partial charge in [-0.05, 0) is 19.9 Å². The van der Waals surface area contributed by atoms with Gasteiger partial charge in [0.05, 0.1) is 0 Å². The third kappa shape index (κ3) is 4.38. The zero-order valence-corrected chi connectivity index (χ0v) is 8.14. The summed E-state index contributed by atoms with van der Waals surface area (Å²) >= 11 is 0. The highest BCUT2D eigenvalue weighted by atomic mass is 15.1. The van der Waals surface area contributed by atoms with E-state index < -0.39 is 0 Å². The summed E-state index contributed by atoms with van der Waals surface area (Å²) in [4.78, 5) is 2.36. The van der Waals surface area contributed by atoms with Gasteiger partial charge >= 0.3 is 0 Å². The van der Waals surface area contributed by atoms with Crippen LogP contribution < -0.4 is 5.73 Å². The molecule has 0 aliphatic carbocycles. The number of rotatable bonds is 6. The molecule has 0 aromatic heterocycles. The summed E-state index contributed by atoms with van der Waals surface area (Å²) < 4.78 is 0. The molecule has 0 bridgehead atoms. The Hall–Kier alpha value is -0.0800. The summed E-state index contributed by atoms with van der Waals surface area (Å²) in [5.41, 5.74) is 5.48. The van der Waals surface area contributed by atoms with Gasteiger partial charge in [0.25, 0.3) is 0 Å². The molecule has 0 saturated carbocycles. The molecule has 68 valence electrons. The molecule has 0 fully saturated rings. The SMILES string of the molecule is CCCC(CC)N(C)CCN. The van der Waals surface area contributed by atoms with Gasteiger partial charge in [-0.2, -0.15) is 0 Å². The second-order valence-corrected chi connectivity index (χ2v) is 3.12. The van der Waals surface area contributed by atoms with E-state index in [9.17, 15) is 0 Å². The zero-order chi connectivity index (χ0) is 8.69. The number of likely N-dealkylation sites (N-methyl/N-ethyl adjacent to an activating group) is 1. The summed E-state index contributed by atoms with van der Waals surface area (Å²) in [6.45, 7) is 6.28. The van der Waals surface area contributed by atoms with Crippen LogP contribution in [0.15, 0.2) is 0 Å². The van der Waals surface area contributed by atoms with E-state index in [1.54, 1.807) is 0 Å². The van der Waals surface area contributed by atoms with E-state index in [1.807, 2.05) is 0 Å². The standard InChI is InChI=1S/C9H22N2/c1-4-6-9(5-2)11(3)8-7-10/h9H,4-8,10H2,1-3H3. The maximum Gasteiger partial charge on any atom is 0.0104 e. The van der Waals surface area contributed by atoms with Crippen molar-refractivity contribution in [1.29, 1.82) is 0 Å². The summed E-state index contributed by atoms with van der Waals surface area (Å²) in [6.07, 6.45) is 3.81. The average molecular weight is 158 g/mol. The van der Waals surface area contributed by atoms with Crippen LogP contribution in [0.3, 0.4) is 0 Å². The molecule has 11 heavy (non-hydrogen) atoms. The minimum atomic E-state index is 0.739. The topological polar surface area (TPSA) is 29.3 Å². The van der Waals surface area contributed by atoms with Crippen molar-refractivity contribution in [2.24, 2.45) is 5.73 Å².